The summed E-state index contributed by atoms with van der Waals surface area (Å²) in [6, 6.07) is 8.87. The Morgan fingerprint density at radius 1 is 1.19 bits per heavy atom. The van der Waals surface area contributed by atoms with Crippen LogP contribution < -0.4 is 26.0 Å². The molecule has 0 radical (unpaired) electrons. The van der Waals surface area contributed by atoms with Gasteiger partial charge in [0.15, 0.2) is 11.6 Å². The van der Waals surface area contributed by atoms with E-state index in [1.165, 1.54) is 4.90 Å². The second kappa shape index (κ2) is 12.7. The van der Waals surface area contributed by atoms with Crippen LogP contribution in [0.4, 0.5) is 11.5 Å². The topological polar surface area (TPSA) is 180 Å². The number of esters is 1. The maximum Gasteiger partial charge on any atom is 0.329 e. The highest BCUT2D eigenvalue weighted by molar-refractivity contribution is 6.10. The van der Waals surface area contributed by atoms with Crippen LogP contribution in [-0.4, -0.2) is 72.2 Å². The highest BCUT2D eigenvalue weighted by atomic mass is 16.5. The van der Waals surface area contributed by atoms with Crippen molar-refractivity contribution in [3.63, 3.8) is 0 Å². The summed E-state index contributed by atoms with van der Waals surface area (Å²) in [4.78, 5) is 68.4. The number of benzene rings is 1. The lowest BCUT2D eigenvalue weighted by Crippen LogP contribution is -2.49. The van der Waals surface area contributed by atoms with Crippen LogP contribution in [0.5, 0.6) is 5.75 Å². The first kappa shape index (κ1) is 30.6. The zero-order valence-corrected chi connectivity index (χ0v) is 24.1. The van der Waals surface area contributed by atoms with Gasteiger partial charge in [-0.3, -0.25) is 14.9 Å². The zero-order valence-electron chi connectivity index (χ0n) is 24.1. The number of nitrogens with one attached hydrogen (secondary N) is 2. The van der Waals surface area contributed by atoms with E-state index in [2.05, 4.69) is 15.6 Å². The maximum atomic E-state index is 13.3. The van der Waals surface area contributed by atoms with Crippen LogP contribution in [0.2, 0.25) is 0 Å². The van der Waals surface area contributed by atoms with Gasteiger partial charge in [-0.25, -0.2) is 9.78 Å². The molecular formula is C30H37N5O7. The number of hydrogen-bond donors (Lipinski definition) is 3. The minimum absolute atomic E-state index is 0.00357. The molecule has 0 bridgehead atoms. The van der Waals surface area contributed by atoms with Gasteiger partial charge in [0, 0.05) is 25.1 Å². The van der Waals surface area contributed by atoms with E-state index >= 15 is 0 Å². The number of anilines is 2. The first-order chi connectivity index (χ1) is 20.1. The summed E-state index contributed by atoms with van der Waals surface area (Å²) in [5.41, 5.74) is 4.54. The van der Waals surface area contributed by atoms with Gasteiger partial charge in [-0.15, -0.1) is 0 Å². The van der Waals surface area contributed by atoms with Crippen LogP contribution in [0.15, 0.2) is 36.5 Å². The number of ether oxygens (including phenoxy) is 2. The summed E-state index contributed by atoms with van der Waals surface area (Å²) in [6.45, 7) is 5.33. The Kier molecular flexibility index (Phi) is 9.25. The van der Waals surface area contributed by atoms with Gasteiger partial charge in [-0.1, -0.05) is 13.0 Å². The third kappa shape index (κ3) is 5.98. The molecule has 1 aromatic carbocycles. The van der Waals surface area contributed by atoms with Crippen molar-refractivity contribution in [2.75, 3.05) is 30.3 Å². The van der Waals surface area contributed by atoms with Gasteiger partial charge < -0.3 is 35.0 Å². The fourth-order valence-corrected chi connectivity index (χ4v) is 5.52. The molecule has 2 amide bonds. The number of nitrogens with two attached hydrogens (primary N) is 1. The quantitative estimate of drug-likeness (QED) is 0.129. The van der Waals surface area contributed by atoms with Gasteiger partial charge in [0.25, 0.3) is 5.91 Å². The summed E-state index contributed by atoms with van der Waals surface area (Å²) in [7, 11) is 0. The van der Waals surface area contributed by atoms with E-state index in [1.807, 2.05) is 6.07 Å². The van der Waals surface area contributed by atoms with E-state index in [0.29, 0.717) is 48.4 Å². The Labute approximate surface area is 244 Å². The number of carbonyl (C=O) groups is 5. The summed E-state index contributed by atoms with van der Waals surface area (Å²) in [5.74, 6) is -1.19. The number of nitrogen functional groups attached to an aromatic ring is 1. The van der Waals surface area contributed by atoms with Crippen molar-refractivity contribution in [2.24, 2.45) is 5.92 Å². The van der Waals surface area contributed by atoms with E-state index in [0.717, 1.165) is 18.4 Å². The summed E-state index contributed by atoms with van der Waals surface area (Å²) in [6.07, 6.45) is 4.28. The first-order valence-electron chi connectivity index (χ1n) is 14.0. The molecule has 2 aliphatic heterocycles. The normalized spacial score (nSPS) is 22.0. The molecule has 42 heavy (non-hydrogen) atoms. The molecule has 12 nitrogen and oxygen atoms in total. The number of hydrogen-bond acceptors (Lipinski definition) is 10. The van der Waals surface area contributed by atoms with E-state index in [4.69, 9.17) is 15.2 Å². The molecule has 0 saturated carbocycles. The molecule has 1 aromatic heterocycles. The number of aromatic nitrogens is 1. The molecule has 2 aliphatic rings. The molecule has 1 fully saturated rings. The van der Waals surface area contributed by atoms with Gasteiger partial charge in [-0.05, 0) is 62.9 Å². The van der Waals surface area contributed by atoms with Crippen LogP contribution >= 0.6 is 0 Å². The third-order valence-electron chi connectivity index (χ3n) is 7.74. The van der Waals surface area contributed by atoms with Crippen molar-refractivity contribution >= 4 is 41.9 Å². The minimum atomic E-state index is -1.49. The Hall–Kier alpha value is -4.32. The van der Waals surface area contributed by atoms with E-state index in [9.17, 15) is 24.0 Å². The molecule has 0 aliphatic carbocycles. The molecule has 1 saturated heterocycles. The molecule has 12 heteroatoms. The number of nitrogens with zero attached hydrogens (tertiary/aromatic N) is 2. The number of unbranched alkanes of at least 4 members (excludes halogenated alkanes) is 1. The van der Waals surface area contributed by atoms with Gasteiger partial charge in [0.2, 0.25) is 5.91 Å². The first-order valence-corrected chi connectivity index (χ1v) is 14.0. The van der Waals surface area contributed by atoms with Crippen molar-refractivity contribution < 1.29 is 33.4 Å². The standard InChI is InChI=1S/C30H37N5O7/c1-19(2)42-28(40)30(29(18-37,34-30)11-13-36)20(3)17-35-23-10-9-21(15-22(23)27(39)33-16-25(35)38)7-4-5-14-41-24-8-6-12-32-26(24)31/h6,8-10,12-13,15,18-20,34H,4-5,7,11,14,16-17H2,1-3H3,(H2,31,32)(H,33,39)/t20?,29?,30-/m0/s1. The molecule has 3 heterocycles. The van der Waals surface area contributed by atoms with Crippen molar-refractivity contribution in [3.8, 4) is 5.75 Å². The smallest absolute Gasteiger partial charge is 0.329 e. The van der Waals surface area contributed by atoms with Crippen LogP contribution in [0.1, 0.15) is 56.0 Å². The average molecular weight is 580 g/mol. The molecule has 0 spiro atoms. The Balaban J connectivity index is 1.50. The van der Waals surface area contributed by atoms with E-state index < -0.39 is 29.1 Å². The summed E-state index contributed by atoms with van der Waals surface area (Å²) < 4.78 is 11.2. The van der Waals surface area contributed by atoms with E-state index in [1.54, 1.807) is 51.2 Å². The van der Waals surface area contributed by atoms with Crippen LogP contribution in [0.3, 0.4) is 0 Å². The zero-order chi connectivity index (χ0) is 30.5. The molecule has 224 valence electrons. The van der Waals surface area contributed by atoms with Gasteiger partial charge >= 0.3 is 5.97 Å². The fraction of sp³-hybridized carbons (Fsp3) is 0.467. The van der Waals surface area contributed by atoms with Gasteiger partial charge in [0.1, 0.15) is 23.7 Å². The Morgan fingerprint density at radius 2 is 1.98 bits per heavy atom. The Morgan fingerprint density at radius 3 is 2.67 bits per heavy atom. The lowest BCUT2D eigenvalue weighted by molar-refractivity contribution is -0.153. The predicted molar refractivity (Wildman–Crippen MR) is 154 cm³/mol. The average Bonchev–Trinajstić information content (AvgIpc) is 3.66. The lowest BCUT2D eigenvalue weighted by atomic mass is 9.81. The minimum Gasteiger partial charge on any atom is -0.490 e. The number of fused-ring (bicyclic) bond motifs is 1. The maximum absolute atomic E-state index is 13.3. The van der Waals surface area contributed by atoms with Gasteiger partial charge in [0.05, 0.1) is 30.5 Å². The molecule has 2 aromatic rings. The monoisotopic (exact) mass is 579 g/mol. The largest absolute Gasteiger partial charge is 0.490 e. The van der Waals surface area contributed by atoms with Crippen molar-refractivity contribution in [2.45, 2.75) is 63.6 Å². The number of aldehydes is 2. The van der Waals surface area contributed by atoms with Crippen molar-refractivity contribution in [3.05, 3.63) is 47.7 Å². The number of aryl methyl sites for hydroxylation is 1. The second-order valence-electron chi connectivity index (χ2n) is 11.0. The molecule has 2 unspecified atom stereocenters. The van der Waals surface area contributed by atoms with Crippen molar-refractivity contribution in [1.82, 2.24) is 15.6 Å². The van der Waals surface area contributed by atoms with Gasteiger partial charge in [-0.2, -0.15) is 0 Å². The summed E-state index contributed by atoms with van der Waals surface area (Å²) in [5, 5.41) is 5.60. The molecule has 3 atom stereocenters. The highest BCUT2D eigenvalue weighted by Crippen LogP contribution is 2.47. The second-order valence-corrected chi connectivity index (χ2v) is 11.0. The predicted octanol–water partition coefficient (Wildman–Crippen LogP) is 1.60. The number of carbonyl (C=O) groups excluding carboxylic acids is 5. The highest BCUT2D eigenvalue weighted by Gasteiger charge is 2.75. The third-order valence-corrected chi connectivity index (χ3v) is 7.74. The number of amides is 2. The van der Waals surface area contributed by atoms with E-state index in [-0.39, 0.29) is 31.3 Å². The fourth-order valence-electron chi connectivity index (χ4n) is 5.52. The number of pyridine rings is 1. The number of rotatable bonds is 14. The Bertz CT molecular complexity index is 1370. The van der Waals surface area contributed by atoms with Crippen LogP contribution in [0, 0.1) is 5.92 Å². The molecule has 4 rings (SSSR count). The van der Waals surface area contributed by atoms with Crippen LogP contribution in [-0.2, 0) is 30.3 Å². The summed E-state index contributed by atoms with van der Waals surface area (Å²) >= 11 is 0. The molecule has 4 N–H and O–H groups in total. The molecular weight excluding hydrogens is 542 g/mol. The lowest BCUT2D eigenvalue weighted by Gasteiger charge is -2.30. The van der Waals surface area contributed by atoms with Crippen molar-refractivity contribution in [1.29, 1.82) is 0 Å². The van der Waals surface area contributed by atoms with Crippen LogP contribution in [0.25, 0.3) is 0 Å². The SMILES string of the molecule is CC(C)OC(=O)[C@]1(C(C)CN2C(=O)CNC(=O)c3cc(CCCCOc4cccnc4N)ccc32)NC1(C=O)CC=O.